The van der Waals surface area contributed by atoms with Crippen LogP contribution in [0, 0.1) is 12.3 Å². The molecule has 2 heterocycles. The molecule has 3 nitrogen and oxygen atoms in total. The van der Waals surface area contributed by atoms with Crippen molar-refractivity contribution in [2.24, 2.45) is 5.41 Å². The van der Waals surface area contributed by atoms with E-state index in [0.717, 1.165) is 30.8 Å². The lowest BCUT2D eigenvalue weighted by molar-refractivity contribution is -0.0396. The van der Waals surface area contributed by atoms with Crippen LogP contribution in [0.25, 0.3) is 0 Å². The topological polar surface area (TPSA) is 37.9 Å². The fourth-order valence-corrected chi connectivity index (χ4v) is 1.93. The normalized spacial score (nSPS) is 26.4. The fourth-order valence-electron chi connectivity index (χ4n) is 1.93. The lowest BCUT2D eigenvalue weighted by atomic mass is 9.81. The highest BCUT2D eigenvalue weighted by atomic mass is 16.5. The van der Waals surface area contributed by atoms with Crippen molar-refractivity contribution in [3.05, 3.63) is 17.5 Å². The van der Waals surface area contributed by atoms with E-state index in [-0.39, 0.29) is 6.10 Å². The minimum atomic E-state index is 0.184. The van der Waals surface area contributed by atoms with Crippen LogP contribution in [0.2, 0.25) is 0 Å². The molecule has 0 amide bonds. The Kier molecular flexibility index (Phi) is 2.35. The number of ether oxygens (including phenoxy) is 1. The second-order valence-corrected chi connectivity index (χ2v) is 4.95. The number of aryl methyl sites for hydroxylation is 1. The summed E-state index contributed by atoms with van der Waals surface area (Å²) in [6.45, 7) is 7.46. The second-order valence-electron chi connectivity index (χ2n) is 4.95. The van der Waals surface area contributed by atoms with E-state index in [1.807, 2.05) is 6.92 Å². The van der Waals surface area contributed by atoms with Gasteiger partial charge in [0, 0.05) is 12.3 Å². The van der Waals surface area contributed by atoms with Crippen molar-refractivity contribution in [3.63, 3.8) is 0 Å². The Morgan fingerprint density at radius 1 is 1.57 bits per heavy atom. The Labute approximate surface area is 84.9 Å². The minimum Gasteiger partial charge on any atom is -0.372 e. The Morgan fingerprint density at radius 3 is 2.93 bits per heavy atom. The van der Waals surface area contributed by atoms with Crippen molar-refractivity contribution >= 4 is 0 Å². The zero-order valence-electron chi connectivity index (χ0n) is 9.13. The van der Waals surface area contributed by atoms with E-state index in [9.17, 15) is 0 Å². The van der Waals surface area contributed by atoms with Crippen molar-refractivity contribution in [2.75, 3.05) is 6.61 Å². The van der Waals surface area contributed by atoms with E-state index in [1.165, 1.54) is 0 Å². The molecule has 1 unspecified atom stereocenters. The lowest BCUT2D eigenvalue weighted by Crippen LogP contribution is -2.26. The van der Waals surface area contributed by atoms with Crippen molar-refractivity contribution in [3.8, 4) is 0 Å². The van der Waals surface area contributed by atoms with Crippen molar-refractivity contribution < 1.29 is 4.74 Å². The summed E-state index contributed by atoms with van der Waals surface area (Å²) in [5, 5.41) is 7.22. The molecule has 14 heavy (non-hydrogen) atoms. The van der Waals surface area contributed by atoms with Gasteiger partial charge in [0.1, 0.15) is 6.10 Å². The zero-order valence-corrected chi connectivity index (χ0v) is 9.13. The highest BCUT2D eigenvalue weighted by Gasteiger charge is 2.30. The van der Waals surface area contributed by atoms with Gasteiger partial charge in [0.25, 0.3) is 0 Å². The molecule has 1 aliphatic heterocycles. The molecule has 1 aliphatic rings. The molecule has 0 bridgehead atoms. The van der Waals surface area contributed by atoms with Gasteiger partial charge in [0.15, 0.2) is 0 Å². The average Bonchev–Trinajstić information content (AvgIpc) is 2.50. The maximum absolute atomic E-state index is 5.73. The van der Waals surface area contributed by atoms with Crippen LogP contribution in [0.3, 0.4) is 0 Å². The number of hydrogen-bond donors (Lipinski definition) is 1. The van der Waals surface area contributed by atoms with Crippen LogP contribution in [0.5, 0.6) is 0 Å². The van der Waals surface area contributed by atoms with Crippen LogP contribution >= 0.6 is 0 Å². The number of nitrogens with zero attached hydrogens (tertiary/aromatic N) is 1. The highest BCUT2D eigenvalue weighted by Crippen LogP contribution is 2.38. The number of aromatic amines is 1. The first-order valence-corrected chi connectivity index (χ1v) is 5.20. The van der Waals surface area contributed by atoms with Crippen LogP contribution < -0.4 is 0 Å². The largest absolute Gasteiger partial charge is 0.372 e. The summed E-state index contributed by atoms with van der Waals surface area (Å²) in [5.41, 5.74) is 2.54. The van der Waals surface area contributed by atoms with Gasteiger partial charge in [-0.1, -0.05) is 13.8 Å². The molecule has 3 heteroatoms. The summed E-state index contributed by atoms with van der Waals surface area (Å²) in [6.07, 6.45) is 2.40. The maximum atomic E-state index is 5.73. The molecule has 78 valence electrons. The van der Waals surface area contributed by atoms with E-state index in [4.69, 9.17) is 4.74 Å². The van der Waals surface area contributed by atoms with Crippen LogP contribution in [0.1, 0.15) is 44.2 Å². The molecule has 0 spiro atoms. The summed E-state index contributed by atoms with van der Waals surface area (Å²) in [5.74, 6) is 0. The Hall–Kier alpha value is -0.830. The third-order valence-electron chi connectivity index (χ3n) is 2.89. The molecule has 1 aromatic heterocycles. The van der Waals surface area contributed by atoms with Crippen molar-refractivity contribution in [1.82, 2.24) is 10.2 Å². The Bertz CT molecular complexity index is 317. The highest BCUT2D eigenvalue weighted by molar-refractivity contribution is 5.10. The summed E-state index contributed by atoms with van der Waals surface area (Å²) < 4.78 is 5.73. The molecule has 1 atom stereocenters. The van der Waals surface area contributed by atoms with Crippen molar-refractivity contribution in [1.29, 1.82) is 0 Å². The van der Waals surface area contributed by atoms with Gasteiger partial charge < -0.3 is 4.74 Å². The molecular weight excluding hydrogens is 176 g/mol. The van der Waals surface area contributed by atoms with Gasteiger partial charge in [-0.05, 0) is 31.2 Å². The van der Waals surface area contributed by atoms with E-state index in [1.54, 1.807) is 0 Å². The summed E-state index contributed by atoms with van der Waals surface area (Å²) in [7, 11) is 0. The number of rotatable bonds is 1. The molecule has 0 aromatic carbocycles. The minimum absolute atomic E-state index is 0.184. The van der Waals surface area contributed by atoms with Crippen LogP contribution in [0.4, 0.5) is 0 Å². The van der Waals surface area contributed by atoms with Crippen molar-refractivity contribution in [2.45, 2.75) is 39.7 Å². The van der Waals surface area contributed by atoms with Gasteiger partial charge in [-0.3, -0.25) is 5.10 Å². The zero-order chi connectivity index (χ0) is 10.2. The summed E-state index contributed by atoms with van der Waals surface area (Å²) >= 11 is 0. The van der Waals surface area contributed by atoms with E-state index in [0.29, 0.717) is 5.41 Å². The van der Waals surface area contributed by atoms with Gasteiger partial charge in [-0.25, -0.2) is 0 Å². The first kappa shape index (κ1) is 9.71. The average molecular weight is 194 g/mol. The number of nitrogens with one attached hydrogen (secondary N) is 1. The molecule has 2 rings (SSSR count). The maximum Gasteiger partial charge on any atom is 0.102 e. The van der Waals surface area contributed by atoms with Gasteiger partial charge in [-0.15, -0.1) is 0 Å². The quantitative estimate of drug-likeness (QED) is 0.746. The Balaban J connectivity index is 2.12. The van der Waals surface area contributed by atoms with E-state index in [2.05, 4.69) is 30.1 Å². The molecule has 0 radical (unpaired) electrons. The predicted octanol–water partition coefficient (Wildman–Crippen LogP) is 2.60. The van der Waals surface area contributed by atoms with Gasteiger partial charge in [0.05, 0.1) is 5.69 Å². The first-order chi connectivity index (χ1) is 6.57. The molecule has 1 saturated heterocycles. The van der Waals surface area contributed by atoms with Crippen LogP contribution in [-0.4, -0.2) is 16.8 Å². The summed E-state index contributed by atoms with van der Waals surface area (Å²) in [4.78, 5) is 0. The number of hydrogen-bond acceptors (Lipinski definition) is 2. The molecule has 1 fully saturated rings. The molecule has 1 aromatic rings. The van der Waals surface area contributed by atoms with Gasteiger partial charge >= 0.3 is 0 Å². The van der Waals surface area contributed by atoms with Gasteiger partial charge in [0.2, 0.25) is 0 Å². The number of aromatic nitrogens is 2. The summed E-state index contributed by atoms with van der Waals surface area (Å²) in [6, 6.07) is 2.08. The second kappa shape index (κ2) is 3.39. The third kappa shape index (κ3) is 1.98. The predicted molar refractivity (Wildman–Crippen MR) is 55.0 cm³/mol. The third-order valence-corrected chi connectivity index (χ3v) is 2.89. The Morgan fingerprint density at radius 2 is 2.36 bits per heavy atom. The fraction of sp³-hybridized carbons (Fsp3) is 0.727. The van der Waals surface area contributed by atoms with E-state index >= 15 is 0 Å². The molecule has 1 N–H and O–H groups in total. The SMILES string of the molecule is Cc1cc(C2CC(C)(C)CCO2)n[nH]1. The van der Waals surface area contributed by atoms with Crippen LogP contribution in [0.15, 0.2) is 6.07 Å². The molecule has 0 saturated carbocycles. The molecule has 0 aliphatic carbocycles. The van der Waals surface area contributed by atoms with Gasteiger partial charge in [-0.2, -0.15) is 5.10 Å². The van der Waals surface area contributed by atoms with E-state index < -0.39 is 0 Å². The number of H-pyrrole nitrogens is 1. The first-order valence-electron chi connectivity index (χ1n) is 5.20. The van der Waals surface area contributed by atoms with Crippen LogP contribution in [-0.2, 0) is 4.74 Å². The molecular formula is C11H18N2O. The lowest BCUT2D eigenvalue weighted by Gasteiger charge is -2.34. The smallest absolute Gasteiger partial charge is 0.102 e. The standard InChI is InChI=1S/C11H18N2O/c1-8-6-9(13-12-8)10-7-11(2,3)4-5-14-10/h6,10H,4-5,7H2,1-3H3,(H,12,13). The monoisotopic (exact) mass is 194 g/mol.